The van der Waals surface area contributed by atoms with Gasteiger partial charge in [-0.3, -0.25) is 18.7 Å². The number of carbonyl (C=O) groups is 2. The molecule has 26 heavy (non-hydrogen) atoms. The fourth-order valence-electron chi connectivity index (χ4n) is 3.48. The third-order valence-electron chi connectivity index (χ3n) is 4.77. The summed E-state index contributed by atoms with van der Waals surface area (Å²) in [5.74, 6) is -0.699. The maximum atomic E-state index is 13.0. The highest BCUT2D eigenvalue weighted by Crippen LogP contribution is 2.24. The van der Waals surface area contributed by atoms with Gasteiger partial charge in [0.2, 0.25) is 17.5 Å². The van der Waals surface area contributed by atoms with Crippen LogP contribution in [0.15, 0.2) is 9.32 Å². The van der Waals surface area contributed by atoms with Crippen LogP contribution in [-0.4, -0.2) is 27.5 Å². The van der Waals surface area contributed by atoms with E-state index in [-0.39, 0.29) is 35.3 Å². The average molecular weight is 365 g/mol. The first-order valence-corrected chi connectivity index (χ1v) is 9.70. The molecule has 1 N–H and O–H groups in total. The predicted molar refractivity (Wildman–Crippen MR) is 97.9 cm³/mol. The van der Waals surface area contributed by atoms with E-state index in [2.05, 4.69) is 10.5 Å². The van der Waals surface area contributed by atoms with Crippen LogP contribution in [0.5, 0.6) is 0 Å². The van der Waals surface area contributed by atoms with Crippen LogP contribution in [-0.2, 0) is 11.3 Å². The van der Waals surface area contributed by atoms with Gasteiger partial charge in [-0.1, -0.05) is 52.1 Å². The summed E-state index contributed by atoms with van der Waals surface area (Å²) in [7, 11) is 0. The van der Waals surface area contributed by atoms with Crippen LogP contribution >= 0.6 is 0 Å². The van der Waals surface area contributed by atoms with Crippen molar-refractivity contribution < 1.29 is 14.1 Å². The zero-order chi connectivity index (χ0) is 19.3. The van der Waals surface area contributed by atoms with Crippen molar-refractivity contribution in [1.29, 1.82) is 0 Å². The number of hydrogen-bond donors (Lipinski definition) is 1. The standard InChI is InChI=1S/C19H31N3O4/c1-12(2)10-15(20-18(24)14-8-6-5-7-9-14)16(23)17-21-26-19(25)22(17)11-13(3)4/h12-15H,5-11H2,1-4H3,(H,20,24). The minimum Gasteiger partial charge on any atom is -0.346 e. The van der Waals surface area contributed by atoms with E-state index in [9.17, 15) is 14.4 Å². The van der Waals surface area contributed by atoms with Gasteiger partial charge in [0, 0.05) is 12.5 Å². The number of nitrogens with zero attached hydrogens (tertiary/aromatic N) is 2. The number of carbonyl (C=O) groups excluding carboxylic acids is 2. The van der Waals surface area contributed by atoms with Gasteiger partial charge in [-0.05, 0) is 31.1 Å². The predicted octanol–water partition coefficient (Wildman–Crippen LogP) is 2.79. The Morgan fingerprint density at radius 1 is 1.15 bits per heavy atom. The van der Waals surface area contributed by atoms with Crippen LogP contribution in [0.2, 0.25) is 0 Å². The van der Waals surface area contributed by atoms with Gasteiger partial charge in [0.05, 0.1) is 6.04 Å². The van der Waals surface area contributed by atoms with Crippen molar-refractivity contribution in [3.63, 3.8) is 0 Å². The van der Waals surface area contributed by atoms with Crippen LogP contribution in [0.1, 0.15) is 76.8 Å². The molecule has 1 atom stereocenters. The van der Waals surface area contributed by atoms with Gasteiger partial charge < -0.3 is 5.32 Å². The minimum absolute atomic E-state index is 0.00158. The van der Waals surface area contributed by atoms with Gasteiger partial charge in [0.25, 0.3) is 0 Å². The molecule has 2 rings (SSSR count). The third kappa shape index (κ3) is 5.29. The lowest BCUT2D eigenvalue weighted by molar-refractivity contribution is -0.126. The van der Waals surface area contributed by atoms with E-state index in [1.54, 1.807) is 0 Å². The van der Waals surface area contributed by atoms with E-state index in [0.717, 1.165) is 25.7 Å². The Kier molecular flexibility index (Phi) is 7.17. The van der Waals surface area contributed by atoms with Crippen LogP contribution in [0, 0.1) is 17.8 Å². The summed E-state index contributed by atoms with van der Waals surface area (Å²) in [6, 6.07) is -0.688. The monoisotopic (exact) mass is 365 g/mol. The first kappa shape index (κ1) is 20.4. The largest absolute Gasteiger partial charge is 0.441 e. The van der Waals surface area contributed by atoms with E-state index in [1.165, 1.54) is 11.0 Å². The van der Waals surface area contributed by atoms with E-state index in [4.69, 9.17) is 4.52 Å². The lowest BCUT2D eigenvalue weighted by Crippen LogP contribution is -2.45. The molecule has 7 nitrogen and oxygen atoms in total. The fourth-order valence-corrected chi connectivity index (χ4v) is 3.48. The number of aromatic nitrogens is 2. The van der Waals surface area contributed by atoms with Crippen molar-refractivity contribution in [2.24, 2.45) is 17.8 Å². The highest BCUT2D eigenvalue weighted by atomic mass is 16.5. The smallest absolute Gasteiger partial charge is 0.346 e. The van der Waals surface area contributed by atoms with Crippen molar-refractivity contribution in [2.75, 3.05) is 0 Å². The molecule has 1 amide bonds. The quantitative estimate of drug-likeness (QED) is 0.715. The van der Waals surface area contributed by atoms with Crippen LogP contribution in [0.4, 0.5) is 0 Å². The van der Waals surface area contributed by atoms with Crippen LogP contribution in [0.3, 0.4) is 0 Å². The van der Waals surface area contributed by atoms with E-state index in [0.29, 0.717) is 13.0 Å². The summed E-state index contributed by atoms with van der Waals surface area (Å²) >= 11 is 0. The molecule has 1 aromatic heterocycles. The normalized spacial score (nSPS) is 16.8. The lowest BCUT2D eigenvalue weighted by Gasteiger charge is -2.25. The Morgan fingerprint density at radius 3 is 2.38 bits per heavy atom. The molecule has 1 heterocycles. The van der Waals surface area contributed by atoms with Gasteiger partial charge in [0.1, 0.15) is 0 Å². The van der Waals surface area contributed by atoms with E-state index >= 15 is 0 Å². The number of rotatable bonds is 8. The molecule has 1 aliphatic rings. The minimum atomic E-state index is -0.688. The number of ketones is 1. The Morgan fingerprint density at radius 2 is 1.81 bits per heavy atom. The molecule has 1 aromatic rings. The molecular formula is C19H31N3O4. The van der Waals surface area contributed by atoms with Crippen LogP contribution < -0.4 is 11.1 Å². The highest BCUT2D eigenvalue weighted by molar-refractivity contribution is 5.99. The average Bonchev–Trinajstić information content (AvgIpc) is 2.94. The van der Waals surface area contributed by atoms with E-state index < -0.39 is 11.8 Å². The molecule has 1 unspecified atom stereocenters. The molecule has 0 aliphatic heterocycles. The number of nitrogens with one attached hydrogen (secondary N) is 1. The highest BCUT2D eigenvalue weighted by Gasteiger charge is 2.31. The first-order valence-electron chi connectivity index (χ1n) is 9.70. The van der Waals surface area contributed by atoms with Crippen molar-refractivity contribution in [1.82, 2.24) is 15.0 Å². The summed E-state index contributed by atoms with van der Waals surface area (Å²) < 4.78 is 5.99. The summed E-state index contributed by atoms with van der Waals surface area (Å²) in [4.78, 5) is 37.5. The molecule has 7 heteroatoms. The Bertz CT molecular complexity index is 669. The Hall–Kier alpha value is -1.92. The lowest BCUT2D eigenvalue weighted by atomic mass is 9.88. The fraction of sp³-hybridized carbons (Fsp3) is 0.789. The molecule has 1 aliphatic carbocycles. The van der Waals surface area contributed by atoms with Gasteiger partial charge in [-0.25, -0.2) is 4.79 Å². The molecule has 1 saturated carbocycles. The van der Waals surface area contributed by atoms with Gasteiger partial charge in [-0.15, -0.1) is 0 Å². The SMILES string of the molecule is CC(C)CC(NC(=O)C1CCCCC1)C(=O)c1noc(=O)n1CC(C)C. The van der Waals surface area contributed by atoms with Crippen molar-refractivity contribution in [2.45, 2.75) is 78.8 Å². The number of hydrogen-bond acceptors (Lipinski definition) is 5. The first-order chi connectivity index (χ1) is 12.3. The van der Waals surface area contributed by atoms with E-state index in [1.807, 2.05) is 27.7 Å². The molecular weight excluding hydrogens is 334 g/mol. The second-order valence-corrected chi connectivity index (χ2v) is 8.17. The Labute approximate surface area is 154 Å². The topological polar surface area (TPSA) is 94.2 Å². The second-order valence-electron chi connectivity index (χ2n) is 8.17. The summed E-state index contributed by atoms with van der Waals surface area (Å²) in [6.45, 7) is 8.25. The van der Waals surface area contributed by atoms with Gasteiger partial charge in [-0.2, -0.15) is 0 Å². The summed E-state index contributed by atoms with van der Waals surface area (Å²) in [6.07, 6.45) is 5.52. The third-order valence-corrected chi connectivity index (χ3v) is 4.77. The zero-order valence-corrected chi connectivity index (χ0v) is 16.3. The number of amides is 1. The van der Waals surface area contributed by atoms with Crippen LogP contribution in [0.25, 0.3) is 0 Å². The molecule has 0 bridgehead atoms. The maximum absolute atomic E-state index is 13.0. The van der Waals surface area contributed by atoms with Crippen molar-refractivity contribution in [3.05, 3.63) is 16.4 Å². The Balaban J connectivity index is 2.19. The second kappa shape index (κ2) is 9.14. The van der Waals surface area contributed by atoms with Crippen molar-refractivity contribution >= 4 is 11.7 Å². The molecule has 0 radical (unpaired) electrons. The summed E-state index contributed by atoms with van der Waals surface area (Å²) in [5.41, 5.74) is 0. The maximum Gasteiger partial charge on any atom is 0.441 e. The molecule has 146 valence electrons. The molecule has 0 aromatic carbocycles. The molecule has 0 saturated heterocycles. The van der Waals surface area contributed by atoms with Gasteiger partial charge >= 0.3 is 5.76 Å². The molecule has 0 spiro atoms. The number of Topliss-reactive ketones (excluding diaryl/α,β-unsaturated/α-hetero) is 1. The summed E-state index contributed by atoms with van der Waals surface area (Å²) in [5, 5.41) is 6.61. The van der Waals surface area contributed by atoms with Crippen molar-refractivity contribution in [3.8, 4) is 0 Å². The molecule has 1 fully saturated rings. The van der Waals surface area contributed by atoms with Gasteiger partial charge in [0.15, 0.2) is 0 Å². The zero-order valence-electron chi connectivity index (χ0n) is 16.3.